The fourth-order valence-corrected chi connectivity index (χ4v) is 4.67. The lowest BCUT2D eigenvalue weighted by molar-refractivity contribution is -0.148. The molecular weight excluding hydrogens is 464 g/mol. The summed E-state index contributed by atoms with van der Waals surface area (Å²) >= 11 is 6.10. The quantitative estimate of drug-likeness (QED) is 0.306. The first-order chi connectivity index (χ1) is 16.8. The number of halogens is 1. The average molecular weight is 491 g/mol. The van der Waals surface area contributed by atoms with Crippen LogP contribution in [0.15, 0.2) is 66.7 Å². The molecule has 0 aromatic heterocycles. The van der Waals surface area contributed by atoms with Gasteiger partial charge in [-0.1, -0.05) is 66.9 Å². The fourth-order valence-electron chi connectivity index (χ4n) is 4.49. The third kappa shape index (κ3) is 5.72. The minimum atomic E-state index is -0.920. The molecule has 0 saturated heterocycles. The summed E-state index contributed by atoms with van der Waals surface area (Å²) in [6, 6.07) is 19.5. The molecule has 1 fully saturated rings. The molecule has 180 valence electrons. The number of rotatable bonds is 7. The van der Waals surface area contributed by atoms with Crippen LogP contribution >= 0.6 is 11.6 Å². The molecule has 3 aromatic carbocycles. The molecule has 0 atom stereocenters. The van der Waals surface area contributed by atoms with Crippen molar-refractivity contribution >= 4 is 40.8 Å². The van der Waals surface area contributed by atoms with Crippen molar-refractivity contribution in [2.24, 2.45) is 5.41 Å². The second-order valence-electron chi connectivity index (χ2n) is 9.09. The molecule has 1 aliphatic rings. The van der Waals surface area contributed by atoms with Crippen LogP contribution in [0.1, 0.15) is 48.0 Å². The number of anilines is 2. The molecule has 35 heavy (non-hydrogen) atoms. The molecule has 0 aliphatic heterocycles. The predicted molar refractivity (Wildman–Crippen MR) is 138 cm³/mol. The second-order valence-corrected chi connectivity index (χ2v) is 9.50. The summed E-state index contributed by atoms with van der Waals surface area (Å²) < 4.78 is 0. The molecule has 0 bridgehead atoms. The maximum atomic E-state index is 12.8. The van der Waals surface area contributed by atoms with Crippen molar-refractivity contribution in [2.75, 3.05) is 10.6 Å². The molecule has 0 unspecified atom stereocenters. The number of carboxylic acids is 1. The van der Waals surface area contributed by atoms with Crippen molar-refractivity contribution in [1.29, 1.82) is 0 Å². The van der Waals surface area contributed by atoms with E-state index in [1.807, 2.05) is 37.3 Å². The summed E-state index contributed by atoms with van der Waals surface area (Å²) in [7, 11) is 0. The Hall–Kier alpha value is -3.64. The smallest absolute Gasteiger partial charge is 0.323 e. The van der Waals surface area contributed by atoms with Gasteiger partial charge in [-0.3, -0.25) is 9.59 Å². The Morgan fingerprint density at radius 3 is 1.97 bits per heavy atom. The van der Waals surface area contributed by atoms with Gasteiger partial charge in [0.1, 0.15) is 0 Å². The summed E-state index contributed by atoms with van der Waals surface area (Å²) in [5, 5.41) is 15.8. The number of carboxylic acid groups (broad SMARTS) is 1. The molecule has 1 saturated carbocycles. The van der Waals surface area contributed by atoms with Crippen LogP contribution in [0.2, 0.25) is 5.02 Å². The first kappa shape index (κ1) is 24.5. The zero-order valence-corrected chi connectivity index (χ0v) is 20.2. The highest BCUT2D eigenvalue weighted by atomic mass is 35.5. The number of carbonyl (C=O) groups excluding carboxylic acids is 2. The van der Waals surface area contributed by atoms with Gasteiger partial charge in [0.05, 0.1) is 5.41 Å². The number of Topliss-reactive ketones (excluding diaryl/α,β-unsaturated/α-hetero) is 1. The number of carbonyl (C=O) groups is 3. The molecule has 7 heteroatoms. The molecule has 3 N–H and O–H groups in total. The van der Waals surface area contributed by atoms with E-state index < -0.39 is 11.4 Å². The van der Waals surface area contributed by atoms with Gasteiger partial charge >= 0.3 is 12.0 Å². The van der Waals surface area contributed by atoms with Crippen LogP contribution in [-0.2, 0) is 4.79 Å². The molecule has 4 rings (SSSR count). The van der Waals surface area contributed by atoms with Crippen molar-refractivity contribution in [2.45, 2.75) is 39.0 Å². The lowest BCUT2D eigenvalue weighted by Crippen LogP contribution is -2.30. The zero-order chi connectivity index (χ0) is 25.0. The lowest BCUT2D eigenvalue weighted by atomic mass is 9.80. The van der Waals surface area contributed by atoms with E-state index in [-0.39, 0.29) is 18.2 Å². The standard InChI is InChI=1S/C28H27ClN2O4/c1-18-4-11-23(16-24(18)29)31-27(35)30-22-12-9-20(10-13-22)19-5-7-21(8-6-19)25(32)17-28(26(33)34)14-2-3-15-28/h4-13,16H,2-3,14-15,17H2,1H3,(H,33,34)(H2,30,31,35). The van der Waals surface area contributed by atoms with Gasteiger partial charge in [0, 0.05) is 28.4 Å². The van der Waals surface area contributed by atoms with Crippen molar-refractivity contribution < 1.29 is 19.5 Å². The number of nitrogens with one attached hydrogen (secondary N) is 2. The summed E-state index contributed by atoms with van der Waals surface area (Å²) in [5.74, 6) is -1.01. The third-order valence-corrected chi connectivity index (χ3v) is 7.03. The van der Waals surface area contributed by atoms with Gasteiger partial charge in [-0.25, -0.2) is 4.79 Å². The molecule has 0 heterocycles. The van der Waals surface area contributed by atoms with Gasteiger partial charge in [-0.15, -0.1) is 0 Å². The third-order valence-electron chi connectivity index (χ3n) is 6.63. The molecule has 0 radical (unpaired) electrons. The maximum Gasteiger partial charge on any atom is 0.323 e. The Morgan fingerprint density at radius 2 is 1.40 bits per heavy atom. The van der Waals surface area contributed by atoms with E-state index in [0.29, 0.717) is 34.8 Å². The summed E-state index contributed by atoms with van der Waals surface area (Å²) in [5.41, 5.74) is 3.62. The fraction of sp³-hybridized carbons (Fsp3) is 0.250. The van der Waals surface area contributed by atoms with Crippen LogP contribution in [0.4, 0.5) is 16.2 Å². The predicted octanol–water partition coefficient (Wildman–Crippen LogP) is 7.18. The van der Waals surface area contributed by atoms with Gasteiger partial charge in [0.2, 0.25) is 0 Å². The minimum absolute atomic E-state index is 0.0406. The SMILES string of the molecule is Cc1ccc(NC(=O)Nc2ccc(-c3ccc(C(=O)CC4(C(=O)O)CCCC4)cc3)cc2)cc1Cl. The van der Waals surface area contributed by atoms with E-state index in [4.69, 9.17) is 11.6 Å². The highest BCUT2D eigenvalue weighted by Gasteiger charge is 2.42. The van der Waals surface area contributed by atoms with Crippen molar-refractivity contribution in [3.8, 4) is 11.1 Å². The van der Waals surface area contributed by atoms with Crippen LogP contribution in [0.25, 0.3) is 11.1 Å². The molecule has 3 aromatic rings. The Bertz CT molecular complexity index is 1250. The minimum Gasteiger partial charge on any atom is -0.481 e. The van der Waals surface area contributed by atoms with Crippen molar-refractivity contribution in [1.82, 2.24) is 0 Å². The Morgan fingerprint density at radius 1 is 0.857 bits per heavy atom. The van der Waals surface area contributed by atoms with Gasteiger partial charge < -0.3 is 15.7 Å². The van der Waals surface area contributed by atoms with Crippen LogP contribution in [-0.4, -0.2) is 22.9 Å². The number of urea groups is 1. The summed E-state index contributed by atoms with van der Waals surface area (Å²) in [4.78, 5) is 36.8. The molecule has 1 aliphatic carbocycles. The van der Waals surface area contributed by atoms with Gasteiger partial charge in [0.25, 0.3) is 0 Å². The van der Waals surface area contributed by atoms with E-state index in [9.17, 15) is 19.5 Å². The average Bonchev–Trinajstić information content (AvgIpc) is 3.32. The van der Waals surface area contributed by atoms with Crippen LogP contribution in [0.3, 0.4) is 0 Å². The van der Waals surface area contributed by atoms with E-state index in [2.05, 4.69) is 10.6 Å². The first-order valence-corrected chi connectivity index (χ1v) is 11.9. The molecule has 0 spiro atoms. The highest BCUT2D eigenvalue weighted by molar-refractivity contribution is 6.31. The van der Waals surface area contributed by atoms with Crippen molar-refractivity contribution in [3.63, 3.8) is 0 Å². The summed E-state index contributed by atoms with van der Waals surface area (Å²) in [6.07, 6.45) is 2.86. The second kappa shape index (κ2) is 10.3. The van der Waals surface area contributed by atoms with E-state index >= 15 is 0 Å². The van der Waals surface area contributed by atoms with Crippen LogP contribution in [0.5, 0.6) is 0 Å². The number of aliphatic carboxylic acids is 1. The number of hydrogen-bond acceptors (Lipinski definition) is 3. The van der Waals surface area contributed by atoms with E-state index in [1.54, 1.807) is 36.4 Å². The normalized spacial score (nSPS) is 14.3. The van der Waals surface area contributed by atoms with Gasteiger partial charge in [-0.2, -0.15) is 0 Å². The Kier molecular flexibility index (Phi) is 7.22. The molecule has 2 amide bonds. The maximum absolute atomic E-state index is 12.8. The number of amides is 2. The molecular formula is C28H27ClN2O4. The van der Waals surface area contributed by atoms with Crippen molar-refractivity contribution in [3.05, 3.63) is 82.9 Å². The Labute approximate surface area is 209 Å². The number of ketones is 1. The highest BCUT2D eigenvalue weighted by Crippen LogP contribution is 2.42. The largest absolute Gasteiger partial charge is 0.481 e. The van der Waals surface area contributed by atoms with Gasteiger partial charge in [-0.05, 0) is 60.7 Å². The lowest BCUT2D eigenvalue weighted by Gasteiger charge is -2.22. The number of benzene rings is 3. The number of hydrogen-bond donors (Lipinski definition) is 3. The van der Waals surface area contributed by atoms with E-state index in [0.717, 1.165) is 29.5 Å². The topological polar surface area (TPSA) is 95.5 Å². The molecule has 6 nitrogen and oxygen atoms in total. The summed E-state index contributed by atoms with van der Waals surface area (Å²) in [6.45, 7) is 1.89. The van der Waals surface area contributed by atoms with Crippen LogP contribution in [0, 0.1) is 12.3 Å². The van der Waals surface area contributed by atoms with E-state index in [1.165, 1.54) is 0 Å². The zero-order valence-electron chi connectivity index (χ0n) is 19.4. The van der Waals surface area contributed by atoms with Gasteiger partial charge in [0.15, 0.2) is 5.78 Å². The Balaban J connectivity index is 1.37. The monoisotopic (exact) mass is 490 g/mol. The van der Waals surface area contributed by atoms with Crippen LogP contribution < -0.4 is 10.6 Å². The first-order valence-electron chi connectivity index (χ1n) is 11.6. The number of aryl methyl sites for hydroxylation is 1.